The van der Waals surface area contributed by atoms with Gasteiger partial charge in [0, 0.05) is 19.4 Å². The summed E-state index contributed by atoms with van der Waals surface area (Å²) in [4.78, 5) is 16.5. The minimum atomic E-state index is -3.69. The Kier molecular flexibility index (Phi) is 5.12. The molecule has 3 rings (SSSR count). The molecule has 0 aliphatic heterocycles. The van der Waals surface area contributed by atoms with Crippen LogP contribution >= 0.6 is 11.3 Å². The first-order valence-electron chi connectivity index (χ1n) is 7.65. The molecule has 8 heteroatoms. The lowest BCUT2D eigenvalue weighted by Crippen LogP contribution is -2.23. The van der Waals surface area contributed by atoms with Crippen LogP contribution in [0.15, 0.2) is 53.4 Å². The molecule has 0 spiro atoms. The van der Waals surface area contributed by atoms with E-state index in [1.165, 1.54) is 12.1 Å². The van der Waals surface area contributed by atoms with Gasteiger partial charge in [-0.05, 0) is 29.8 Å². The number of hydrogen-bond acceptors (Lipinski definition) is 5. The number of para-hydroxylation sites is 1. The summed E-state index contributed by atoms with van der Waals surface area (Å²) in [5.74, 6) is -0.0743. The van der Waals surface area contributed by atoms with Gasteiger partial charge in [0.2, 0.25) is 15.9 Å². The predicted molar refractivity (Wildman–Crippen MR) is 97.6 cm³/mol. The average molecular weight is 375 g/mol. The number of carbonyl (C=O) groups excluding carboxylic acids is 1. The lowest BCUT2D eigenvalue weighted by molar-refractivity contribution is -0.121. The number of primary sulfonamides is 1. The van der Waals surface area contributed by atoms with Crippen molar-refractivity contribution in [3.8, 4) is 0 Å². The third-order valence-electron chi connectivity index (χ3n) is 3.65. The van der Waals surface area contributed by atoms with Crippen molar-refractivity contribution in [1.29, 1.82) is 0 Å². The topological polar surface area (TPSA) is 102 Å². The van der Waals surface area contributed by atoms with Crippen LogP contribution in [0.25, 0.3) is 10.2 Å². The molecule has 0 unspecified atom stereocenters. The Hall–Kier alpha value is -2.29. The maximum atomic E-state index is 12.0. The fourth-order valence-electron chi connectivity index (χ4n) is 2.33. The van der Waals surface area contributed by atoms with E-state index in [1.54, 1.807) is 23.5 Å². The van der Waals surface area contributed by atoms with Crippen LogP contribution in [0.1, 0.15) is 17.0 Å². The van der Waals surface area contributed by atoms with Gasteiger partial charge in [-0.25, -0.2) is 18.5 Å². The van der Waals surface area contributed by atoms with Crippen LogP contribution in [0.2, 0.25) is 0 Å². The van der Waals surface area contributed by atoms with E-state index >= 15 is 0 Å². The highest BCUT2D eigenvalue weighted by Crippen LogP contribution is 2.22. The SMILES string of the molecule is NS(=O)(=O)c1ccc(CNC(=O)CCc2nc3ccccc3s2)cc1. The molecule has 6 nitrogen and oxygen atoms in total. The molecule has 0 aliphatic carbocycles. The number of sulfonamides is 1. The molecule has 1 amide bonds. The number of amides is 1. The Balaban J connectivity index is 1.51. The van der Waals surface area contributed by atoms with Gasteiger partial charge in [-0.2, -0.15) is 0 Å². The van der Waals surface area contributed by atoms with Crippen LogP contribution in [0.5, 0.6) is 0 Å². The first-order valence-corrected chi connectivity index (χ1v) is 10.0. The van der Waals surface area contributed by atoms with Crippen molar-refractivity contribution in [2.24, 2.45) is 5.14 Å². The average Bonchev–Trinajstić information content (AvgIpc) is 3.00. The standard InChI is InChI=1S/C17H17N3O3S2/c18-25(22,23)13-7-5-12(6-8-13)11-19-16(21)9-10-17-20-14-3-1-2-4-15(14)24-17/h1-8H,9-11H2,(H,19,21)(H2,18,22,23). The molecular weight excluding hydrogens is 358 g/mol. The number of benzene rings is 2. The monoisotopic (exact) mass is 375 g/mol. The van der Waals surface area contributed by atoms with Crippen LogP contribution < -0.4 is 10.5 Å². The molecule has 0 fully saturated rings. The van der Waals surface area contributed by atoms with Gasteiger partial charge in [0.15, 0.2) is 0 Å². The number of nitrogens with two attached hydrogens (primary N) is 1. The zero-order chi connectivity index (χ0) is 17.9. The second kappa shape index (κ2) is 7.30. The second-order valence-corrected chi connectivity index (χ2v) is 8.22. The number of nitrogens with zero attached hydrogens (tertiary/aromatic N) is 1. The number of rotatable bonds is 6. The quantitative estimate of drug-likeness (QED) is 0.689. The van der Waals surface area contributed by atoms with Gasteiger partial charge in [0.1, 0.15) is 0 Å². The lowest BCUT2D eigenvalue weighted by Gasteiger charge is -2.05. The van der Waals surface area contributed by atoms with Crippen LogP contribution in [0.3, 0.4) is 0 Å². The highest BCUT2D eigenvalue weighted by atomic mass is 32.2. The summed E-state index contributed by atoms with van der Waals surface area (Å²) in [5, 5.41) is 8.81. The minimum absolute atomic E-state index is 0.0541. The van der Waals surface area contributed by atoms with Crippen molar-refractivity contribution in [3.05, 3.63) is 59.1 Å². The normalized spacial score (nSPS) is 11.6. The van der Waals surface area contributed by atoms with Crippen LogP contribution in [-0.4, -0.2) is 19.3 Å². The molecule has 1 heterocycles. The summed E-state index contributed by atoms with van der Waals surface area (Å²) in [6.07, 6.45) is 0.949. The zero-order valence-corrected chi connectivity index (χ0v) is 14.9. The van der Waals surface area contributed by atoms with Crippen LogP contribution in [0, 0.1) is 0 Å². The first kappa shape index (κ1) is 17.5. The van der Waals surface area contributed by atoms with E-state index in [9.17, 15) is 13.2 Å². The molecular formula is C17H17N3O3S2. The van der Waals surface area contributed by atoms with E-state index in [-0.39, 0.29) is 10.8 Å². The molecule has 130 valence electrons. The van der Waals surface area contributed by atoms with E-state index in [4.69, 9.17) is 5.14 Å². The molecule has 3 N–H and O–H groups in total. The first-order chi connectivity index (χ1) is 11.9. The van der Waals surface area contributed by atoms with Gasteiger partial charge in [0.05, 0.1) is 20.1 Å². The molecule has 3 aromatic rings. The van der Waals surface area contributed by atoms with Gasteiger partial charge in [0.25, 0.3) is 0 Å². The van der Waals surface area contributed by atoms with E-state index in [0.29, 0.717) is 19.4 Å². The molecule has 0 saturated carbocycles. The molecule has 2 aromatic carbocycles. The summed E-state index contributed by atoms with van der Waals surface area (Å²) in [6.45, 7) is 0.337. The second-order valence-electron chi connectivity index (χ2n) is 5.54. The molecule has 25 heavy (non-hydrogen) atoms. The highest BCUT2D eigenvalue weighted by Gasteiger charge is 2.09. The smallest absolute Gasteiger partial charge is 0.238 e. The molecule has 1 aromatic heterocycles. The lowest BCUT2D eigenvalue weighted by atomic mass is 10.2. The zero-order valence-electron chi connectivity index (χ0n) is 13.3. The Bertz CT molecular complexity index is 962. The van der Waals surface area contributed by atoms with Crippen molar-refractivity contribution in [2.45, 2.75) is 24.3 Å². The largest absolute Gasteiger partial charge is 0.352 e. The number of fused-ring (bicyclic) bond motifs is 1. The van der Waals surface area contributed by atoms with Gasteiger partial charge in [-0.15, -0.1) is 11.3 Å². The fourth-order valence-corrected chi connectivity index (χ4v) is 3.82. The Morgan fingerprint density at radius 1 is 1.12 bits per heavy atom. The number of carbonyl (C=O) groups is 1. The van der Waals surface area contributed by atoms with Gasteiger partial charge < -0.3 is 5.32 Å². The van der Waals surface area contributed by atoms with E-state index < -0.39 is 10.0 Å². The number of thiazole rings is 1. The molecule has 0 aliphatic rings. The molecule has 0 radical (unpaired) electrons. The summed E-state index contributed by atoms with van der Waals surface area (Å²) in [5.41, 5.74) is 1.76. The fraction of sp³-hybridized carbons (Fsp3) is 0.176. The van der Waals surface area contributed by atoms with Crippen LogP contribution in [-0.2, 0) is 27.8 Å². The Morgan fingerprint density at radius 3 is 2.52 bits per heavy atom. The maximum absolute atomic E-state index is 12.0. The predicted octanol–water partition coefficient (Wildman–Crippen LogP) is 2.19. The third kappa shape index (κ3) is 4.62. The van der Waals surface area contributed by atoms with E-state index in [2.05, 4.69) is 10.3 Å². The summed E-state index contributed by atoms with van der Waals surface area (Å²) in [7, 11) is -3.69. The van der Waals surface area contributed by atoms with Gasteiger partial charge >= 0.3 is 0 Å². The number of aryl methyl sites for hydroxylation is 1. The third-order valence-corrected chi connectivity index (χ3v) is 5.67. The van der Waals surface area contributed by atoms with Crippen molar-refractivity contribution < 1.29 is 13.2 Å². The maximum Gasteiger partial charge on any atom is 0.238 e. The van der Waals surface area contributed by atoms with E-state index in [1.807, 2.05) is 24.3 Å². The number of hydrogen-bond donors (Lipinski definition) is 2. The number of nitrogens with one attached hydrogen (secondary N) is 1. The van der Waals surface area contributed by atoms with Crippen molar-refractivity contribution in [3.63, 3.8) is 0 Å². The van der Waals surface area contributed by atoms with Crippen LogP contribution in [0.4, 0.5) is 0 Å². The minimum Gasteiger partial charge on any atom is -0.352 e. The Labute approximate surface area is 149 Å². The molecule has 0 saturated heterocycles. The van der Waals surface area contributed by atoms with Crippen molar-refractivity contribution in [2.75, 3.05) is 0 Å². The van der Waals surface area contributed by atoms with Crippen molar-refractivity contribution >= 4 is 37.5 Å². The molecule has 0 atom stereocenters. The summed E-state index contributed by atoms with van der Waals surface area (Å²) >= 11 is 1.60. The summed E-state index contributed by atoms with van der Waals surface area (Å²) < 4.78 is 23.5. The summed E-state index contributed by atoms with van der Waals surface area (Å²) in [6, 6.07) is 14.0. The number of aromatic nitrogens is 1. The van der Waals surface area contributed by atoms with Gasteiger partial charge in [-0.1, -0.05) is 24.3 Å². The van der Waals surface area contributed by atoms with Crippen molar-refractivity contribution in [1.82, 2.24) is 10.3 Å². The molecule has 0 bridgehead atoms. The van der Waals surface area contributed by atoms with E-state index in [0.717, 1.165) is 20.8 Å². The highest BCUT2D eigenvalue weighted by molar-refractivity contribution is 7.89. The van der Waals surface area contributed by atoms with Gasteiger partial charge in [-0.3, -0.25) is 4.79 Å². The Morgan fingerprint density at radius 2 is 1.84 bits per heavy atom.